The highest BCUT2D eigenvalue weighted by Crippen LogP contribution is 2.33. The minimum Gasteiger partial charge on any atom is -0.444 e. The van der Waals surface area contributed by atoms with E-state index in [1.165, 1.54) is 36.0 Å². The molecule has 0 aromatic carbocycles. The zero-order valence-corrected chi connectivity index (χ0v) is 54.6. The summed E-state index contributed by atoms with van der Waals surface area (Å²) >= 11 is 2.93. The number of hydrogen-bond donors (Lipinski definition) is 12. The average molecular weight is 1300 g/mol. The van der Waals surface area contributed by atoms with Crippen molar-refractivity contribution in [3.63, 3.8) is 0 Å². The Morgan fingerprint density at radius 1 is 0.694 bits per heavy atom. The molecule has 0 saturated carbocycles. The third-order valence-electron chi connectivity index (χ3n) is 14.3. The van der Waals surface area contributed by atoms with Gasteiger partial charge in [0.2, 0.25) is 17.7 Å². The second-order valence-corrected chi connectivity index (χ2v) is 24.9. The fraction of sp³-hybridized carbons (Fsp3) is 0.868. The number of hydroxylamine groups is 2. The number of likely N-dealkylation sites (tertiary alicyclic amines) is 2. The molecule has 0 aromatic heterocycles. The summed E-state index contributed by atoms with van der Waals surface area (Å²) < 4.78 is 37.1. The lowest BCUT2D eigenvalue weighted by Gasteiger charge is -2.45. The third kappa shape index (κ3) is 26.6. The molecular formula is C53H99F2N9O17S4. The normalized spacial score (nSPS) is 30.0. The molecule has 0 spiro atoms. The number of carbonyl (C=O) groups excluding carboxylic acids is 7. The second-order valence-electron chi connectivity index (χ2n) is 22.4. The van der Waals surface area contributed by atoms with Gasteiger partial charge in [0.05, 0.1) is 30.6 Å². The van der Waals surface area contributed by atoms with Crippen LogP contribution < -0.4 is 32.7 Å². The number of ether oxygens (including phenoxy) is 3. The van der Waals surface area contributed by atoms with Crippen LogP contribution in [0, 0.1) is 11.8 Å². The lowest BCUT2D eigenvalue weighted by atomic mass is 9.90. The summed E-state index contributed by atoms with van der Waals surface area (Å²) in [6.07, 6.45) is 1.43. The molecule has 5 fully saturated rings. The summed E-state index contributed by atoms with van der Waals surface area (Å²) in [4.78, 5) is 92.1. The van der Waals surface area contributed by atoms with Crippen molar-refractivity contribution < 1.29 is 91.0 Å². The Bertz CT molecular complexity index is 2020. The van der Waals surface area contributed by atoms with Crippen LogP contribution in [-0.4, -0.2) is 254 Å². The van der Waals surface area contributed by atoms with Crippen molar-refractivity contribution >= 4 is 89.4 Å². The molecule has 14 N–H and O–H groups in total. The van der Waals surface area contributed by atoms with Crippen LogP contribution in [0.1, 0.15) is 113 Å². The SMILES string of the molecule is CC(C)(C)OC(=O)NCCC(=O)ON1C(=O)CCC1=O.CCC[C@@H]1C[C@@H](C(=O)N[C@H]([C@H](C)N)[C@H]2OC(SC)[C@H](O)[C@H](O)C2O)N(C)C1.CCC[C@@H]1C[C@@H](C(=O)N[C@H]([C@H](C)NC(=O)CCN)[C@H]2OC(SC)[C@H](O)[C@H](O)C2O)N(C)C1.CSF.CSF. The molecule has 5 rings (SSSR count). The molecule has 5 heterocycles. The quantitative estimate of drug-likeness (QED) is 0.0704. The van der Waals surface area contributed by atoms with Gasteiger partial charge < -0.3 is 82.4 Å². The maximum absolute atomic E-state index is 13.2. The predicted molar refractivity (Wildman–Crippen MR) is 323 cm³/mol. The summed E-state index contributed by atoms with van der Waals surface area (Å²) in [5, 5.41) is 73.4. The summed E-state index contributed by atoms with van der Waals surface area (Å²) in [6.45, 7) is 14.7. The molecule has 0 aromatic rings. The van der Waals surface area contributed by atoms with Crippen molar-refractivity contribution in [3.05, 3.63) is 0 Å². The number of aliphatic hydroxyl groups is 6. The van der Waals surface area contributed by atoms with E-state index in [9.17, 15) is 72.0 Å². The summed E-state index contributed by atoms with van der Waals surface area (Å²) in [5.41, 5.74) is 9.44. The molecule has 5 aliphatic heterocycles. The van der Waals surface area contributed by atoms with E-state index in [2.05, 4.69) is 44.9 Å². The molecule has 496 valence electrons. The zero-order chi connectivity index (χ0) is 65.1. The van der Waals surface area contributed by atoms with E-state index < -0.39 is 113 Å². The van der Waals surface area contributed by atoms with Gasteiger partial charge in [0, 0.05) is 94.3 Å². The molecule has 0 bridgehead atoms. The lowest BCUT2D eigenvalue weighted by molar-refractivity contribution is -0.207. The Hall–Kier alpha value is -2.93. The van der Waals surface area contributed by atoms with Crippen LogP contribution in [0.2, 0.25) is 0 Å². The highest BCUT2D eigenvalue weighted by Gasteiger charge is 2.50. The van der Waals surface area contributed by atoms with Gasteiger partial charge in [-0.05, 0) is 98.7 Å². The molecular weight excluding hydrogens is 1200 g/mol. The van der Waals surface area contributed by atoms with Crippen LogP contribution in [0.3, 0.4) is 0 Å². The van der Waals surface area contributed by atoms with Crippen LogP contribution >= 0.6 is 47.8 Å². The zero-order valence-electron chi connectivity index (χ0n) is 51.4. The number of rotatable bonds is 21. The Morgan fingerprint density at radius 3 is 1.48 bits per heavy atom. The molecule has 32 heteroatoms. The van der Waals surface area contributed by atoms with Crippen LogP contribution in [0.15, 0.2) is 0 Å². The van der Waals surface area contributed by atoms with E-state index >= 15 is 0 Å². The average Bonchev–Trinajstić information content (AvgIpc) is 3.07. The first kappa shape index (κ1) is 80.1. The second kappa shape index (κ2) is 40.7. The summed E-state index contributed by atoms with van der Waals surface area (Å²) in [5.74, 6) is -1.55. The smallest absolute Gasteiger partial charge is 0.407 e. The molecule has 0 radical (unpaired) electrons. The predicted octanol–water partition coefficient (Wildman–Crippen LogP) is 0.701. The van der Waals surface area contributed by atoms with Gasteiger partial charge in [-0.3, -0.25) is 33.8 Å². The van der Waals surface area contributed by atoms with Gasteiger partial charge in [-0.2, -0.15) is 7.77 Å². The minimum absolute atomic E-state index is 0.00995. The number of amides is 6. The van der Waals surface area contributed by atoms with Crippen molar-refractivity contribution in [1.82, 2.24) is 36.1 Å². The number of imide groups is 1. The highest BCUT2D eigenvalue weighted by molar-refractivity contribution is 7.99. The van der Waals surface area contributed by atoms with Gasteiger partial charge in [0.15, 0.2) is 0 Å². The molecule has 6 amide bonds. The topological polar surface area (TPSA) is 388 Å². The Kier molecular flexibility index (Phi) is 38.3. The van der Waals surface area contributed by atoms with Crippen LogP contribution in [0.5, 0.6) is 0 Å². The lowest BCUT2D eigenvalue weighted by Crippen LogP contribution is -2.67. The van der Waals surface area contributed by atoms with Crippen LogP contribution in [-0.2, 0) is 47.8 Å². The maximum Gasteiger partial charge on any atom is 0.407 e. The number of thioether (sulfide) groups is 2. The van der Waals surface area contributed by atoms with Gasteiger partial charge in [0.25, 0.3) is 11.8 Å². The van der Waals surface area contributed by atoms with Crippen molar-refractivity contribution in [2.75, 3.05) is 65.3 Å². The summed E-state index contributed by atoms with van der Waals surface area (Å²) in [6, 6.07) is -3.18. The number of nitrogens with two attached hydrogens (primary N) is 2. The fourth-order valence-corrected chi connectivity index (χ4v) is 11.6. The molecule has 5 aliphatic rings. The number of nitrogens with one attached hydrogen (secondary N) is 4. The van der Waals surface area contributed by atoms with E-state index in [1.54, 1.807) is 47.1 Å². The van der Waals surface area contributed by atoms with Gasteiger partial charge in [-0.1, -0.05) is 26.7 Å². The first-order chi connectivity index (χ1) is 39.9. The van der Waals surface area contributed by atoms with Crippen molar-refractivity contribution in [2.24, 2.45) is 23.3 Å². The van der Waals surface area contributed by atoms with Crippen molar-refractivity contribution in [3.8, 4) is 0 Å². The van der Waals surface area contributed by atoms with E-state index in [1.807, 2.05) is 19.0 Å². The third-order valence-corrected chi connectivity index (χ3v) is 16.0. The van der Waals surface area contributed by atoms with Crippen LogP contribution in [0.25, 0.3) is 0 Å². The number of alkyl carbamates (subject to hydrolysis) is 1. The molecule has 85 heavy (non-hydrogen) atoms. The molecule has 26 nitrogen and oxygen atoms in total. The minimum atomic E-state index is -1.44. The van der Waals surface area contributed by atoms with Gasteiger partial charge in [0.1, 0.15) is 65.3 Å². The Balaban J connectivity index is 0.000000621. The largest absolute Gasteiger partial charge is 0.444 e. The Morgan fingerprint density at radius 2 is 1.11 bits per heavy atom. The van der Waals surface area contributed by atoms with Gasteiger partial charge in [-0.15, -0.1) is 28.6 Å². The van der Waals surface area contributed by atoms with Gasteiger partial charge >= 0.3 is 12.1 Å². The van der Waals surface area contributed by atoms with Gasteiger partial charge in [-0.25, -0.2) is 9.59 Å². The van der Waals surface area contributed by atoms with E-state index in [4.69, 9.17) is 25.7 Å². The van der Waals surface area contributed by atoms with E-state index in [0.717, 1.165) is 51.6 Å². The van der Waals surface area contributed by atoms with E-state index in [0.29, 0.717) is 16.9 Å². The number of halogens is 2. The monoisotopic (exact) mass is 1300 g/mol. The first-order valence-corrected chi connectivity index (χ1v) is 33.2. The van der Waals surface area contributed by atoms with E-state index in [-0.39, 0.29) is 92.9 Å². The number of nitrogens with zero attached hydrogens (tertiary/aromatic N) is 3. The van der Waals surface area contributed by atoms with Crippen molar-refractivity contribution in [1.29, 1.82) is 0 Å². The Labute approximate surface area is 517 Å². The molecule has 18 atom stereocenters. The number of aliphatic hydroxyl groups excluding tert-OH is 6. The van der Waals surface area contributed by atoms with Crippen molar-refractivity contribution in [2.45, 2.75) is 214 Å². The van der Waals surface area contributed by atoms with Crippen LogP contribution in [0.4, 0.5) is 12.6 Å². The molecule has 0 aliphatic carbocycles. The first-order valence-electron chi connectivity index (χ1n) is 28.4. The molecule has 5 saturated heterocycles. The summed E-state index contributed by atoms with van der Waals surface area (Å²) in [7, 11) is 3.85. The maximum atomic E-state index is 13.2. The number of carbonyl (C=O) groups is 7. The highest BCUT2D eigenvalue weighted by atomic mass is 32.2. The fourth-order valence-electron chi connectivity index (χ4n) is 10.2. The standard InChI is InChI=1S/C21H40N4O6S.C18H35N3O5S.C12H18N2O6.2CH3FS/c1-5-6-12-9-13(25(3)10-12)20(30)24-15(11(2)23-14(26)7-8-22)19-17(28)16(27)18(29)21(31-19)32-4;1-5-6-10-7-11(21(3)8-10)17(25)20-12(9(2)19)16-14(23)13(22)15(24)18(26-16)27-4;1-12(2,3)19-11(18)13-7-6-10(17)20-14-8(15)4-5-9(14)16;2*1-3-2/h11-13,15-19,21,27-29H,5-10,22H2,1-4H3,(H,23,26)(H,24,30);9-16,18,22-24H,5-8,19H2,1-4H3,(H,20,25);4-7H2,1-3H3,(H,13,18);2*1H3/t11-,12+,13-,15+,16+,17?,18+,19+,21?;9-,10+,11-,12+,13+,14?,15+,16+,18?;;;/m00.../s1. The molecule has 4 unspecified atom stereocenters. The number of likely N-dealkylation sites (N-methyl/N-ethyl adjacent to an activating group) is 2. The number of hydrogen-bond acceptors (Lipinski definition) is 25.